The van der Waals surface area contributed by atoms with E-state index in [2.05, 4.69) is 51.3 Å². The lowest BCUT2D eigenvalue weighted by atomic mass is 10.1. The number of nitrogens with zero attached hydrogens (tertiary/aromatic N) is 4. The SMILES string of the molecule is Cn1c2ccccc2n2c3c(ccc4oc5ncccc5c43)nc12. The van der Waals surface area contributed by atoms with E-state index in [-0.39, 0.29) is 0 Å². The van der Waals surface area contributed by atoms with E-state index >= 15 is 0 Å². The van der Waals surface area contributed by atoms with Crippen LogP contribution in [0.3, 0.4) is 0 Å². The fourth-order valence-corrected chi connectivity index (χ4v) is 3.75. The molecule has 5 nitrogen and oxygen atoms in total. The molecule has 0 saturated carbocycles. The van der Waals surface area contributed by atoms with E-state index in [9.17, 15) is 0 Å². The lowest BCUT2D eigenvalue weighted by Gasteiger charge is -1.97. The number of imidazole rings is 2. The van der Waals surface area contributed by atoms with E-state index in [1.165, 1.54) is 0 Å². The highest BCUT2D eigenvalue weighted by atomic mass is 16.3. The van der Waals surface area contributed by atoms with Gasteiger partial charge in [0, 0.05) is 13.2 Å². The summed E-state index contributed by atoms with van der Waals surface area (Å²) in [7, 11) is 2.05. The van der Waals surface area contributed by atoms with Crippen molar-refractivity contribution in [2.24, 2.45) is 7.05 Å². The lowest BCUT2D eigenvalue weighted by Crippen LogP contribution is -1.87. The Hall–Kier alpha value is -3.34. The van der Waals surface area contributed by atoms with Crippen molar-refractivity contribution in [3.63, 3.8) is 0 Å². The fourth-order valence-electron chi connectivity index (χ4n) is 3.75. The van der Waals surface area contributed by atoms with Crippen LogP contribution < -0.4 is 0 Å². The Labute approximate surface area is 135 Å². The zero-order valence-electron chi connectivity index (χ0n) is 12.9. The van der Waals surface area contributed by atoms with Crippen molar-refractivity contribution in [2.45, 2.75) is 0 Å². The Morgan fingerprint density at radius 2 is 1.83 bits per heavy atom. The van der Waals surface area contributed by atoms with E-state index in [1.54, 1.807) is 6.20 Å². The zero-order chi connectivity index (χ0) is 15.8. The molecule has 0 atom stereocenters. The second kappa shape index (κ2) is 3.94. The third-order valence-electron chi connectivity index (χ3n) is 4.79. The average molecular weight is 312 g/mol. The van der Waals surface area contributed by atoms with Crippen molar-refractivity contribution < 1.29 is 4.42 Å². The number of pyridine rings is 1. The minimum atomic E-state index is 0.662. The van der Waals surface area contributed by atoms with Gasteiger partial charge < -0.3 is 8.98 Å². The largest absolute Gasteiger partial charge is 0.438 e. The molecular weight excluding hydrogens is 300 g/mol. The van der Waals surface area contributed by atoms with Crippen molar-refractivity contribution >= 4 is 49.9 Å². The van der Waals surface area contributed by atoms with Crippen LogP contribution >= 0.6 is 0 Å². The van der Waals surface area contributed by atoms with Crippen LogP contribution in [0, 0.1) is 0 Å². The standard InChI is InChI=1S/C19H12N4O/c1-22-13-6-2-3-7-14(13)23-17-12(21-19(22)23)8-9-15-16(17)11-5-4-10-20-18(11)24-15/h2-10H,1H3. The molecule has 0 aliphatic heterocycles. The number of aryl methyl sites for hydroxylation is 1. The van der Waals surface area contributed by atoms with Crippen molar-refractivity contribution in [3.8, 4) is 0 Å². The quantitative estimate of drug-likeness (QED) is 0.421. The number of hydrogen-bond acceptors (Lipinski definition) is 3. The molecule has 0 N–H and O–H groups in total. The minimum absolute atomic E-state index is 0.662. The number of fused-ring (bicyclic) bond motifs is 9. The van der Waals surface area contributed by atoms with Crippen molar-refractivity contribution in [1.82, 2.24) is 18.9 Å². The first-order valence-corrected chi connectivity index (χ1v) is 7.85. The first-order valence-electron chi connectivity index (χ1n) is 7.85. The summed E-state index contributed by atoms with van der Waals surface area (Å²) >= 11 is 0. The van der Waals surface area contributed by atoms with Gasteiger partial charge in [0.2, 0.25) is 11.5 Å². The van der Waals surface area contributed by atoms with Crippen molar-refractivity contribution in [1.29, 1.82) is 0 Å². The Morgan fingerprint density at radius 1 is 0.958 bits per heavy atom. The molecule has 0 radical (unpaired) electrons. The maximum atomic E-state index is 5.94. The molecular formula is C19H12N4O. The molecule has 0 saturated heterocycles. The molecule has 0 spiro atoms. The van der Waals surface area contributed by atoms with Gasteiger partial charge in [0.15, 0.2) is 0 Å². The maximum absolute atomic E-state index is 5.94. The topological polar surface area (TPSA) is 48.3 Å². The Bertz CT molecular complexity index is 1420. The van der Waals surface area contributed by atoms with Crippen LogP contribution in [0.1, 0.15) is 0 Å². The predicted octanol–water partition coefficient (Wildman–Crippen LogP) is 4.27. The van der Waals surface area contributed by atoms with Crippen molar-refractivity contribution in [3.05, 3.63) is 54.7 Å². The summed E-state index contributed by atoms with van der Waals surface area (Å²) in [5.41, 5.74) is 5.84. The Kier molecular flexibility index (Phi) is 1.99. The van der Waals surface area contributed by atoms with E-state index < -0.39 is 0 Å². The lowest BCUT2D eigenvalue weighted by molar-refractivity contribution is 0.654. The van der Waals surface area contributed by atoms with Gasteiger partial charge in [0.05, 0.1) is 32.8 Å². The van der Waals surface area contributed by atoms with Gasteiger partial charge in [-0.05, 0) is 36.4 Å². The van der Waals surface area contributed by atoms with Crippen LogP contribution in [0.25, 0.3) is 49.9 Å². The average Bonchev–Trinajstić information content (AvgIpc) is 3.25. The summed E-state index contributed by atoms with van der Waals surface area (Å²) in [4.78, 5) is 9.21. The molecule has 0 fully saturated rings. The number of aromatic nitrogens is 4. The number of para-hydroxylation sites is 2. The van der Waals surface area contributed by atoms with Crippen LogP contribution in [-0.2, 0) is 7.05 Å². The van der Waals surface area contributed by atoms with Crippen LogP contribution in [-0.4, -0.2) is 18.9 Å². The fraction of sp³-hybridized carbons (Fsp3) is 0.0526. The van der Waals surface area contributed by atoms with Gasteiger partial charge in [-0.15, -0.1) is 0 Å². The monoisotopic (exact) mass is 312 g/mol. The summed E-state index contributed by atoms with van der Waals surface area (Å²) in [5, 5.41) is 2.09. The molecule has 0 unspecified atom stereocenters. The summed E-state index contributed by atoms with van der Waals surface area (Å²) in [6.45, 7) is 0. The number of furan rings is 1. The smallest absolute Gasteiger partial charge is 0.227 e. The van der Waals surface area contributed by atoms with Gasteiger partial charge >= 0.3 is 0 Å². The molecule has 5 heteroatoms. The summed E-state index contributed by atoms with van der Waals surface area (Å²) in [6.07, 6.45) is 1.76. The Balaban J connectivity index is 2.02. The van der Waals surface area contributed by atoms with Gasteiger partial charge in [-0.3, -0.25) is 4.40 Å². The molecule has 4 heterocycles. The summed E-state index contributed by atoms with van der Waals surface area (Å²) in [5.74, 6) is 0.928. The highest BCUT2D eigenvalue weighted by molar-refractivity contribution is 6.17. The molecule has 6 rings (SSSR count). The highest BCUT2D eigenvalue weighted by Crippen LogP contribution is 2.35. The van der Waals surface area contributed by atoms with Crippen LogP contribution in [0.5, 0.6) is 0 Å². The molecule has 0 aliphatic rings. The van der Waals surface area contributed by atoms with Gasteiger partial charge in [-0.1, -0.05) is 12.1 Å². The van der Waals surface area contributed by atoms with Gasteiger partial charge in [0.1, 0.15) is 5.58 Å². The molecule has 114 valence electrons. The molecule has 0 amide bonds. The van der Waals surface area contributed by atoms with E-state index in [0.717, 1.165) is 44.2 Å². The normalized spacial score (nSPS) is 12.4. The third-order valence-corrected chi connectivity index (χ3v) is 4.79. The molecule has 4 aromatic heterocycles. The Morgan fingerprint density at radius 3 is 2.75 bits per heavy atom. The molecule has 0 bridgehead atoms. The minimum Gasteiger partial charge on any atom is -0.438 e. The molecule has 2 aromatic carbocycles. The van der Waals surface area contributed by atoms with E-state index in [0.29, 0.717) is 5.71 Å². The second-order valence-corrected chi connectivity index (χ2v) is 6.06. The molecule has 6 aromatic rings. The summed E-state index contributed by atoms with van der Waals surface area (Å²) in [6, 6.07) is 16.3. The molecule has 0 aliphatic carbocycles. The van der Waals surface area contributed by atoms with Crippen molar-refractivity contribution in [2.75, 3.05) is 0 Å². The molecule has 24 heavy (non-hydrogen) atoms. The van der Waals surface area contributed by atoms with Gasteiger partial charge in [-0.2, -0.15) is 0 Å². The van der Waals surface area contributed by atoms with Crippen LogP contribution in [0.4, 0.5) is 0 Å². The second-order valence-electron chi connectivity index (χ2n) is 6.06. The first kappa shape index (κ1) is 12.1. The number of benzene rings is 2. The van der Waals surface area contributed by atoms with E-state index in [1.807, 2.05) is 18.2 Å². The predicted molar refractivity (Wildman–Crippen MR) is 94.2 cm³/mol. The number of hydrogen-bond donors (Lipinski definition) is 0. The summed E-state index contributed by atoms with van der Waals surface area (Å²) < 4.78 is 10.3. The zero-order valence-corrected chi connectivity index (χ0v) is 12.9. The van der Waals surface area contributed by atoms with Gasteiger partial charge in [0.25, 0.3) is 0 Å². The third kappa shape index (κ3) is 1.27. The van der Waals surface area contributed by atoms with Crippen LogP contribution in [0.15, 0.2) is 59.1 Å². The first-order chi connectivity index (χ1) is 11.8. The highest BCUT2D eigenvalue weighted by Gasteiger charge is 2.19. The maximum Gasteiger partial charge on any atom is 0.227 e. The van der Waals surface area contributed by atoms with Crippen LogP contribution in [0.2, 0.25) is 0 Å². The van der Waals surface area contributed by atoms with E-state index in [4.69, 9.17) is 9.40 Å². The van der Waals surface area contributed by atoms with Gasteiger partial charge in [-0.25, -0.2) is 9.97 Å². The number of rotatable bonds is 0.